The minimum atomic E-state index is -4.46. The first-order valence-electron chi connectivity index (χ1n) is 13.7. The summed E-state index contributed by atoms with van der Waals surface area (Å²) >= 11 is 6.42. The highest BCUT2D eigenvalue weighted by Crippen LogP contribution is 2.33. The predicted octanol–water partition coefficient (Wildman–Crippen LogP) is 3.09. The molecule has 42 heavy (non-hydrogen) atoms. The first kappa shape index (κ1) is 33.4. The molecule has 2 atom stereocenters. The Kier molecular flexibility index (Phi) is 12.3. The second-order valence-corrected chi connectivity index (χ2v) is 10.6. The average molecular weight is 614 g/mol. The van der Waals surface area contributed by atoms with Gasteiger partial charge in [-0.2, -0.15) is 13.2 Å². The number of benzene rings is 2. The third-order valence-electron chi connectivity index (χ3n) is 7.05. The predicted molar refractivity (Wildman–Crippen MR) is 156 cm³/mol. The Morgan fingerprint density at radius 1 is 1.05 bits per heavy atom. The summed E-state index contributed by atoms with van der Waals surface area (Å²) in [5, 5.41) is 9.22. The van der Waals surface area contributed by atoms with Crippen molar-refractivity contribution >= 4 is 29.1 Å². The Labute approximate surface area is 249 Å². The maximum absolute atomic E-state index is 13.6. The van der Waals surface area contributed by atoms with Crippen molar-refractivity contribution in [3.63, 3.8) is 0 Å². The molecule has 13 heteroatoms. The largest absolute Gasteiger partial charge is 0.497 e. The number of rotatable bonds is 13. The molecule has 0 aliphatic carbocycles. The van der Waals surface area contributed by atoms with E-state index in [2.05, 4.69) is 16.0 Å². The topological polar surface area (TPSA) is 95.2 Å². The van der Waals surface area contributed by atoms with E-state index in [1.807, 2.05) is 11.8 Å². The summed E-state index contributed by atoms with van der Waals surface area (Å²) in [6, 6.07) is 7.99. The standard InChI is InChI=1S/C29H39ClF3N5O4/c1-19(18-41-3)35-16-21-13-22(29(31,32)33)6-8-26(21)37-9-11-38(12-10-37)28(40)25(36-27(39)17-34-2)14-20-5-7-23(42-4)15-24(20)30/h5-8,13,15,19,25,34-35H,9-12,14,16-18H2,1-4H3,(H,36,39). The first-order valence-corrected chi connectivity index (χ1v) is 14.1. The van der Waals surface area contributed by atoms with Crippen molar-refractivity contribution in [1.29, 1.82) is 0 Å². The number of likely N-dealkylation sites (N-methyl/N-ethyl adjacent to an activating group) is 1. The maximum atomic E-state index is 13.6. The van der Waals surface area contributed by atoms with Crippen LogP contribution in [0.3, 0.4) is 0 Å². The zero-order chi connectivity index (χ0) is 30.9. The molecule has 0 aromatic heterocycles. The van der Waals surface area contributed by atoms with E-state index < -0.39 is 17.8 Å². The van der Waals surface area contributed by atoms with Crippen LogP contribution in [0.2, 0.25) is 5.02 Å². The molecule has 0 radical (unpaired) electrons. The van der Waals surface area contributed by atoms with E-state index in [0.717, 1.165) is 6.07 Å². The molecule has 1 aliphatic rings. The van der Waals surface area contributed by atoms with Crippen LogP contribution in [0.4, 0.5) is 18.9 Å². The highest BCUT2D eigenvalue weighted by atomic mass is 35.5. The lowest BCUT2D eigenvalue weighted by Gasteiger charge is -2.38. The molecule has 1 aliphatic heterocycles. The van der Waals surface area contributed by atoms with Crippen molar-refractivity contribution in [3.8, 4) is 5.75 Å². The summed E-state index contributed by atoms with van der Waals surface area (Å²) in [6.45, 7) is 4.08. The van der Waals surface area contributed by atoms with E-state index in [1.165, 1.54) is 19.2 Å². The highest BCUT2D eigenvalue weighted by molar-refractivity contribution is 6.31. The van der Waals surface area contributed by atoms with Gasteiger partial charge in [-0.3, -0.25) is 9.59 Å². The number of alkyl halides is 3. The average Bonchev–Trinajstić information content (AvgIpc) is 2.96. The number of anilines is 1. The molecule has 0 spiro atoms. The van der Waals surface area contributed by atoms with E-state index in [4.69, 9.17) is 21.1 Å². The van der Waals surface area contributed by atoms with Crippen LogP contribution in [0.15, 0.2) is 36.4 Å². The van der Waals surface area contributed by atoms with Crippen molar-refractivity contribution in [1.82, 2.24) is 20.9 Å². The van der Waals surface area contributed by atoms with Crippen LogP contribution in [0.1, 0.15) is 23.6 Å². The number of carbonyl (C=O) groups excluding carboxylic acids is 2. The van der Waals surface area contributed by atoms with Gasteiger partial charge in [-0.05, 0) is 55.4 Å². The third kappa shape index (κ3) is 9.22. The number of ether oxygens (including phenoxy) is 2. The zero-order valence-electron chi connectivity index (χ0n) is 24.3. The molecule has 1 fully saturated rings. The van der Waals surface area contributed by atoms with Gasteiger partial charge in [-0.1, -0.05) is 17.7 Å². The van der Waals surface area contributed by atoms with Gasteiger partial charge in [-0.25, -0.2) is 0 Å². The number of hydrogen-bond acceptors (Lipinski definition) is 7. The number of halogens is 4. The third-order valence-corrected chi connectivity index (χ3v) is 7.40. The Hall–Kier alpha value is -3.06. The van der Waals surface area contributed by atoms with Gasteiger partial charge in [0.1, 0.15) is 11.8 Å². The molecule has 3 rings (SSSR count). The van der Waals surface area contributed by atoms with E-state index in [1.54, 1.807) is 37.3 Å². The van der Waals surface area contributed by atoms with E-state index >= 15 is 0 Å². The fraction of sp³-hybridized carbons (Fsp3) is 0.517. The smallest absolute Gasteiger partial charge is 0.416 e. The van der Waals surface area contributed by atoms with Gasteiger partial charge in [-0.15, -0.1) is 0 Å². The van der Waals surface area contributed by atoms with Crippen molar-refractivity contribution in [3.05, 3.63) is 58.1 Å². The quantitative estimate of drug-likeness (QED) is 0.320. The zero-order valence-corrected chi connectivity index (χ0v) is 25.1. The van der Waals surface area contributed by atoms with Crippen molar-refractivity contribution in [2.75, 3.05) is 65.5 Å². The number of amides is 2. The Bertz CT molecular complexity index is 1210. The number of nitrogens with one attached hydrogen (secondary N) is 3. The minimum Gasteiger partial charge on any atom is -0.497 e. The van der Waals surface area contributed by atoms with Crippen LogP contribution in [-0.4, -0.2) is 89.4 Å². The second kappa shape index (κ2) is 15.4. The molecule has 2 aromatic carbocycles. The van der Waals surface area contributed by atoms with E-state index in [9.17, 15) is 22.8 Å². The number of nitrogens with zero attached hydrogens (tertiary/aromatic N) is 2. The summed E-state index contributed by atoms with van der Waals surface area (Å²) in [5.74, 6) is -0.00892. The lowest BCUT2D eigenvalue weighted by molar-refractivity contribution is -0.137. The van der Waals surface area contributed by atoms with Crippen LogP contribution in [0.25, 0.3) is 0 Å². The van der Waals surface area contributed by atoms with Gasteiger partial charge < -0.3 is 35.2 Å². The normalized spacial score (nSPS) is 15.3. The number of piperazine rings is 1. The van der Waals surface area contributed by atoms with Gasteiger partial charge in [0.25, 0.3) is 0 Å². The minimum absolute atomic E-state index is 0.0433. The summed E-state index contributed by atoms with van der Waals surface area (Å²) in [7, 11) is 4.73. The van der Waals surface area contributed by atoms with Crippen molar-refractivity contribution in [2.24, 2.45) is 0 Å². The van der Waals surface area contributed by atoms with Crippen LogP contribution >= 0.6 is 11.6 Å². The number of methoxy groups -OCH3 is 2. The molecule has 2 unspecified atom stereocenters. The van der Waals surface area contributed by atoms with Crippen LogP contribution in [-0.2, 0) is 33.5 Å². The summed E-state index contributed by atoms with van der Waals surface area (Å²) in [5.41, 5.74) is 1.16. The molecule has 0 saturated carbocycles. The van der Waals surface area contributed by atoms with Crippen molar-refractivity contribution < 1.29 is 32.2 Å². The maximum Gasteiger partial charge on any atom is 0.416 e. The molecular formula is C29H39ClF3N5O4. The van der Waals surface area contributed by atoms with Gasteiger partial charge in [0.2, 0.25) is 11.8 Å². The Morgan fingerprint density at radius 2 is 1.76 bits per heavy atom. The molecule has 232 valence electrons. The second-order valence-electron chi connectivity index (χ2n) is 10.2. The summed E-state index contributed by atoms with van der Waals surface area (Å²) < 4.78 is 50.8. The molecule has 1 heterocycles. The van der Waals surface area contributed by atoms with Crippen LogP contribution in [0.5, 0.6) is 5.75 Å². The molecule has 2 amide bonds. The van der Waals surface area contributed by atoms with Crippen LogP contribution in [0, 0.1) is 0 Å². The molecule has 1 saturated heterocycles. The highest BCUT2D eigenvalue weighted by Gasteiger charge is 2.33. The molecular weight excluding hydrogens is 575 g/mol. The fourth-order valence-corrected chi connectivity index (χ4v) is 5.09. The van der Waals surface area contributed by atoms with Gasteiger partial charge in [0, 0.05) is 63.0 Å². The lowest BCUT2D eigenvalue weighted by atomic mass is 10.0. The Balaban J connectivity index is 1.75. The summed E-state index contributed by atoms with van der Waals surface area (Å²) in [4.78, 5) is 29.7. The SMILES string of the molecule is CNCC(=O)NC(Cc1ccc(OC)cc1Cl)C(=O)N1CCN(c2ccc(C(F)(F)F)cc2CNC(C)COC)CC1. The Morgan fingerprint density at radius 3 is 2.36 bits per heavy atom. The molecule has 3 N–H and O–H groups in total. The molecule has 9 nitrogen and oxygen atoms in total. The fourth-order valence-electron chi connectivity index (χ4n) is 4.84. The van der Waals surface area contributed by atoms with Crippen molar-refractivity contribution in [2.45, 2.75) is 38.1 Å². The molecule has 2 aromatic rings. The monoisotopic (exact) mass is 613 g/mol. The van der Waals surface area contributed by atoms with Gasteiger partial charge >= 0.3 is 6.18 Å². The first-order chi connectivity index (χ1) is 20.0. The van der Waals surface area contributed by atoms with Gasteiger partial charge in [0.15, 0.2) is 0 Å². The van der Waals surface area contributed by atoms with E-state index in [-0.39, 0.29) is 37.4 Å². The van der Waals surface area contributed by atoms with E-state index in [0.29, 0.717) is 60.4 Å². The summed E-state index contributed by atoms with van der Waals surface area (Å²) in [6.07, 6.45) is -4.28. The number of carbonyl (C=O) groups is 2. The number of hydrogen-bond donors (Lipinski definition) is 3. The van der Waals surface area contributed by atoms with Gasteiger partial charge in [0.05, 0.1) is 25.8 Å². The molecule has 0 bridgehead atoms. The van der Waals surface area contributed by atoms with Crippen LogP contribution < -0.4 is 25.6 Å². The lowest BCUT2D eigenvalue weighted by Crippen LogP contribution is -2.56.